The van der Waals surface area contributed by atoms with Crippen molar-refractivity contribution < 1.29 is 14.3 Å². The zero-order chi connectivity index (χ0) is 19.2. The summed E-state index contributed by atoms with van der Waals surface area (Å²) < 4.78 is 12.9. The van der Waals surface area contributed by atoms with Crippen LogP contribution in [0.5, 0.6) is 5.75 Å². The SMILES string of the molecule is COCC(=O)NC(C)c1nc2ccccc2n1CCOc1cccc(C)c1. The Morgan fingerprint density at radius 2 is 2.04 bits per heavy atom. The highest BCUT2D eigenvalue weighted by atomic mass is 16.5. The van der Waals surface area contributed by atoms with E-state index in [9.17, 15) is 4.79 Å². The minimum Gasteiger partial charge on any atom is -0.492 e. The molecule has 142 valence electrons. The maximum atomic E-state index is 11.9. The molecule has 0 saturated carbocycles. The molecule has 0 aliphatic carbocycles. The number of benzene rings is 2. The molecule has 0 radical (unpaired) electrons. The number of hydrogen-bond acceptors (Lipinski definition) is 4. The first-order valence-electron chi connectivity index (χ1n) is 9.01. The molecule has 2 aromatic carbocycles. The van der Waals surface area contributed by atoms with Gasteiger partial charge in [0.15, 0.2) is 0 Å². The fourth-order valence-corrected chi connectivity index (χ4v) is 3.10. The van der Waals surface area contributed by atoms with Gasteiger partial charge in [0.25, 0.3) is 0 Å². The Morgan fingerprint density at radius 1 is 1.22 bits per heavy atom. The fraction of sp³-hybridized carbons (Fsp3) is 0.333. The van der Waals surface area contributed by atoms with Gasteiger partial charge in [-0.3, -0.25) is 4.79 Å². The van der Waals surface area contributed by atoms with E-state index in [0.29, 0.717) is 13.2 Å². The van der Waals surface area contributed by atoms with E-state index in [2.05, 4.69) is 9.88 Å². The molecule has 0 fully saturated rings. The van der Waals surface area contributed by atoms with Gasteiger partial charge in [0.05, 0.1) is 23.6 Å². The summed E-state index contributed by atoms with van der Waals surface area (Å²) in [6.45, 7) is 5.14. The van der Waals surface area contributed by atoms with Gasteiger partial charge in [-0.05, 0) is 43.7 Å². The van der Waals surface area contributed by atoms with Crippen molar-refractivity contribution in [3.63, 3.8) is 0 Å². The number of fused-ring (bicyclic) bond motifs is 1. The molecule has 1 atom stereocenters. The van der Waals surface area contributed by atoms with Crippen molar-refractivity contribution in [2.75, 3.05) is 20.3 Å². The number of aryl methyl sites for hydroxylation is 1. The van der Waals surface area contributed by atoms with Gasteiger partial charge in [-0.25, -0.2) is 4.98 Å². The van der Waals surface area contributed by atoms with Crippen molar-refractivity contribution in [1.82, 2.24) is 14.9 Å². The van der Waals surface area contributed by atoms with E-state index in [1.54, 1.807) is 0 Å². The van der Waals surface area contributed by atoms with E-state index in [-0.39, 0.29) is 18.6 Å². The molecule has 3 rings (SSSR count). The van der Waals surface area contributed by atoms with Crippen molar-refractivity contribution in [3.05, 3.63) is 59.9 Å². The Kier molecular flexibility index (Phi) is 6.08. The highest BCUT2D eigenvalue weighted by Crippen LogP contribution is 2.21. The molecule has 1 heterocycles. The third kappa shape index (κ3) is 4.65. The van der Waals surface area contributed by atoms with E-state index in [1.165, 1.54) is 7.11 Å². The van der Waals surface area contributed by atoms with Crippen LogP contribution in [0.15, 0.2) is 48.5 Å². The van der Waals surface area contributed by atoms with E-state index < -0.39 is 0 Å². The van der Waals surface area contributed by atoms with Crippen LogP contribution in [0.2, 0.25) is 0 Å². The molecular formula is C21H25N3O3. The summed E-state index contributed by atoms with van der Waals surface area (Å²) in [5.74, 6) is 1.48. The van der Waals surface area contributed by atoms with Crippen LogP contribution >= 0.6 is 0 Å². The topological polar surface area (TPSA) is 65.4 Å². The zero-order valence-corrected chi connectivity index (χ0v) is 15.9. The van der Waals surface area contributed by atoms with E-state index >= 15 is 0 Å². The lowest BCUT2D eigenvalue weighted by molar-refractivity contribution is -0.125. The van der Waals surface area contributed by atoms with Crippen molar-refractivity contribution in [2.24, 2.45) is 0 Å². The molecule has 0 spiro atoms. The maximum Gasteiger partial charge on any atom is 0.246 e. The molecule has 1 amide bonds. The lowest BCUT2D eigenvalue weighted by atomic mass is 10.2. The van der Waals surface area contributed by atoms with Crippen molar-refractivity contribution in [1.29, 1.82) is 0 Å². The number of carbonyl (C=O) groups excluding carboxylic acids is 1. The third-order valence-corrected chi connectivity index (χ3v) is 4.30. The fourth-order valence-electron chi connectivity index (χ4n) is 3.10. The second-order valence-electron chi connectivity index (χ2n) is 6.50. The third-order valence-electron chi connectivity index (χ3n) is 4.30. The lowest BCUT2D eigenvalue weighted by Crippen LogP contribution is -2.31. The summed E-state index contributed by atoms with van der Waals surface area (Å²) in [5, 5.41) is 2.93. The Balaban J connectivity index is 1.78. The quantitative estimate of drug-likeness (QED) is 0.664. The van der Waals surface area contributed by atoms with Gasteiger partial charge in [0.2, 0.25) is 5.91 Å². The average Bonchev–Trinajstić information content (AvgIpc) is 3.01. The van der Waals surface area contributed by atoms with Crippen LogP contribution in [0.1, 0.15) is 24.4 Å². The van der Waals surface area contributed by atoms with Crippen molar-refractivity contribution in [3.8, 4) is 5.75 Å². The van der Waals surface area contributed by atoms with Gasteiger partial charge in [-0.15, -0.1) is 0 Å². The summed E-state index contributed by atoms with van der Waals surface area (Å²) in [6, 6.07) is 15.7. The molecule has 0 aliphatic rings. The maximum absolute atomic E-state index is 11.9. The summed E-state index contributed by atoms with van der Waals surface area (Å²) in [7, 11) is 1.50. The number of aromatic nitrogens is 2. The van der Waals surface area contributed by atoms with Crippen LogP contribution in [-0.4, -0.2) is 35.8 Å². The Morgan fingerprint density at radius 3 is 2.81 bits per heavy atom. The van der Waals surface area contributed by atoms with Crippen LogP contribution in [-0.2, 0) is 16.1 Å². The standard InChI is InChI=1S/C21H25N3O3/c1-15-7-6-8-17(13-15)27-12-11-24-19-10-5-4-9-18(19)23-21(24)16(2)22-20(25)14-26-3/h4-10,13,16H,11-12,14H2,1-3H3,(H,22,25). The van der Waals surface area contributed by atoms with Gasteiger partial charge < -0.3 is 19.4 Å². The monoisotopic (exact) mass is 367 g/mol. The average molecular weight is 367 g/mol. The summed E-state index contributed by atoms with van der Waals surface area (Å²) >= 11 is 0. The molecule has 6 heteroatoms. The number of methoxy groups -OCH3 is 1. The van der Waals surface area contributed by atoms with Gasteiger partial charge in [0, 0.05) is 7.11 Å². The van der Waals surface area contributed by atoms with Gasteiger partial charge in [0.1, 0.15) is 24.8 Å². The number of ether oxygens (including phenoxy) is 2. The zero-order valence-electron chi connectivity index (χ0n) is 15.9. The molecule has 1 N–H and O–H groups in total. The van der Waals surface area contributed by atoms with Crippen molar-refractivity contribution in [2.45, 2.75) is 26.4 Å². The predicted octanol–water partition coefficient (Wildman–Crippen LogP) is 3.25. The molecule has 0 saturated heterocycles. The number of hydrogen-bond donors (Lipinski definition) is 1. The molecule has 1 unspecified atom stereocenters. The van der Waals surface area contributed by atoms with Gasteiger partial charge in [-0.2, -0.15) is 0 Å². The number of nitrogens with zero attached hydrogens (tertiary/aromatic N) is 2. The lowest BCUT2D eigenvalue weighted by Gasteiger charge is -2.16. The van der Waals surface area contributed by atoms with E-state index in [0.717, 1.165) is 28.2 Å². The van der Waals surface area contributed by atoms with E-state index in [1.807, 2.05) is 62.4 Å². The number of nitrogens with one attached hydrogen (secondary N) is 1. The minimum atomic E-state index is -0.237. The highest BCUT2D eigenvalue weighted by Gasteiger charge is 2.18. The van der Waals surface area contributed by atoms with Crippen molar-refractivity contribution >= 4 is 16.9 Å². The highest BCUT2D eigenvalue weighted by molar-refractivity contribution is 5.78. The van der Waals surface area contributed by atoms with Gasteiger partial charge in [-0.1, -0.05) is 24.3 Å². The predicted molar refractivity (Wildman–Crippen MR) is 105 cm³/mol. The number of amides is 1. The molecule has 3 aromatic rings. The molecular weight excluding hydrogens is 342 g/mol. The summed E-state index contributed by atoms with van der Waals surface area (Å²) in [5.41, 5.74) is 3.08. The van der Waals surface area contributed by atoms with Crippen LogP contribution < -0.4 is 10.1 Å². The van der Waals surface area contributed by atoms with Crippen LogP contribution in [0.25, 0.3) is 11.0 Å². The minimum absolute atomic E-state index is 0.0288. The normalized spacial score (nSPS) is 12.1. The largest absolute Gasteiger partial charge is 0.492 e. The second-order valence-corrected chi connectivity index (χ2v) is 6.50. The number of carbonyl (C=O) groups is 1. The molecule has 1 aromatic heterocycles. The smallest absolute Gasteiger partial charge is 0.246 e. The number of para-hydroxylation sites is 2. The number of imidazole rings is 1. The first kappa shape index (κ1) is 18.9. The summed E-state index contributed by atoms with van der Waals surface area (Å²) in [4.78, 5) is 16.6. The first-order valence-corrected chi connectivity index (χ1v) is 9.01. The molecule has 27 heavy (non-hydrogen) atoms. The van der Waals surface area contributed by atoms with Crippen LogP contribution in [0.3, 0.4) is 0 Å². The first-order chi connectivity index (χ1) is 13.1. The Labute approximate surface area is 159 Å². The van der Waals surface area contributed by atoms with Gasteiger partial charge >= 0.3 is 0 Å². The second kappa shape index (κ2) is 8.68. The van der Waals surface area contributed by atoms with Crippen LogP contribution in [0, 0.1) is 6.92 Å². The Bertz CT molecular complexity index is 920. The Hall–Kier alpha value is -2.86. The van der Waals surface area contributed by atoms with Crippen LogP contribution in [0.4, 0.5) is 0 Å². The molecule has 0 bridgehead atoms. The number of rotatable bonds is 8. The van der Waals surface area contributed by atoms with E-state index in [4.69, 9.17) is 14.5 Å². The summed E-state index contributed by atoms with van der Waals surface area (Å²) in [6.07, 6.45) is 0. The molecule has 6 nitrogen and oxygen atoms in total. The molecule has 0 aliphatic heterocycles.